The van der Waals surface area contributed by atoms with Crippen LogP contribution in [0.2, 0.25) is 0 Å². The third kappa shape index (κ3) is 184. The van der Waals surface area contributed by atoms with E-state index >= 15 is 0 Å². The summed E-state index contributed by atoms with van der Waals surface area (Å²) >= 11 is 0. The van der Waals surface area contributed by atoms with Gasteiger partial charge in [-0.2, -0.15) is 0 Å². The van der Waals surface area contributed by atoms with Crippen LogP contribution in [0.25, 0.3) is 0 Å². The molecule has 0 saturated carbocycles. The van der Waals surface area contributed by atoms with Gasteiger partial charge >= 0.3 is 156 Å². The molecule has 6 nitrogen and oxygen atoms in total. The minimum Gasteiger partial charge on any atom is -2.00 e. The predicted octanol–water partition coefficient (Wildman–Crippen LogP) is -22.1. The van der Waals surface area contributed by atoms with E-state index in [1.807, 2.05) is 0 Å². The Balaban J connectivity index is 0. The van der Waals surface area contributed by atoms with Crippen LogP contribution in [0, 0.1) is 0 Å². The molecule has 0 fully saturated rings. The Kier molecular flexibility index (Phi) is 4110. The van der Waals surface area contributed by atoms with Crippen molar-refractivity contribution in [2.75, 3.05) is 0 Å². The molecule has 14 heavy (non-hydrogen) atoms. The summed E-state index contributed by atoms with van der Waals surface area (Å²) in [4.78, 5) is 0. The number of hydrogen-bond donors (Lipinski definition) is 0. The van der Waals surface area contributed by atoms with E-state index in [2.05, 4.69) is 0 Å². The molecular formula is Li7O6Sb. The first-order valence-electron chi connectivity index (χ1n) is 0. The van der Waals surface area contributed by atoms with Crippen LogP contribution >= 0.6 is 0 Å². The summed E-state index contributed by atoms with van der Waals surface area (Å²) in [5.74, 6) is 0. The fourth-order valence-electron chi connectivity index (χ4n) is 0. The molecule has 0 rings (SSSR count). The van der Waals surface area contributed by atoms with Gasteiger partial charge in [0.15, 0.2) is 0 Å². The van der Waals surface area contributed by atoms with Crippen LogP contribution in [0.1, 0.15) is 0 Å². The number of hydrogen-bond acceptors (Lipinski definition) is 0. The molecule has 0 aromatic carbocycles. The van der Waals surface area contributed by atoms with Gasteiger partial charge in [0.25, 0.3) is 0 Å². The van der Waals surface area contributed by atoms with Gasteiger partial charge < -0.3 is 32.9 Å². The molecule has 48 valence electrons. The van der Waals surface area contributed by atoms with E-state index in [1.165, 1.54) is 0 Å². The average molecular weight is 266 g/mol. The molecule has 0 N–H and O–H groups in total. The van der Waals surface area contributed by atoms with E-state index in [9.17, 15) is 0 Å². The Morgan fingerprint density at radius 1 is 0.214 bits per heavy atom. The standard InChI is InChI=1S/7Li.6O.Sb/q7*+1;6*-2;+5. The average Bonchev–Trinajstić information content (AvgIpc) is 0. The molecule has 0 aromatic heterocycles. The third-order valence-electron chi connectivity index (χ3n) is 0. The Morgan fingerprint density at radius 2 is 0.214 bits per heavy atom. The van der Waals surface area contributed by atoms with Gasteiger partial charge in [-0.05, 0) is 0 Å². The van der Waals surface area contributed by atoms with E-state index < -0.39 is 0 Å². The van der Waals surface area contributed by atoms with Crippen LogP contribution in [-0.2, 0) is 32.9 Å². The minimum atomic E-state index is 0. The molecule has 0 aliphatic heterocycles. The molecule has 0 heterocycles. The van der Waals surface area contributed by atoms with E-state index in [-0.39, 0.29) is 189 Å². The number of rotatable bonds is 0. The van der Waals surface area contributed by atoms with Crippen molar-refractivity contribution >= 4 is 24.4 Å². The summed E-state index contributed by atoms with van der Waals surface area (Å²) in [5, 5.41) is 0. The first kappa shape index (κ1) is 261. The zero-order chi connectivity index (χ0) is 0. The van der Waals surface area contributed by atoms with Crippen molar-refractivity contribution in [2.24, 2.45) is 0 Å². The van der Waals surface area contributed by atoms with Gasteiger partial charge in [0.1, 0.15) is 0 Å². The van der Waals surface area contributed by atoms with Crippen molar-refractivity contribution in [2.45, 2.75) is 0 Å². The first-order chi connectivity index (χ1) is 0. The summed E-state index contributed by atoms with van der Waals surface area (Å²) in [5.41, 5.74) is 0. The van der Waals surface area contributed by atoms with Crippen LogP contribution < -0.4 is 132 Å². The summed E-state index contributed by atoms with van der Waals surface area (Å²) in [7, 11) is 0. The monoisotopic (exact) mass is 266 g/mol. The molecule has 0 saturated heterocycles. The second-order valence-electron chi connectivity index (χ2n) is 0. The normalized spacial score (nSPS) is 0. The zero-order valence-corrected chi connectivity index (χ0v) is 12.4. The largest absolute Gasteiger partial charge is 5.00 e. The van der Waals surface area contributed by atoms with Crippen LogP contribution in [-0.4, -0.2) is 24.4 Å². The Hall–Kier alpha value is 4.76. The van der Waals surface area contributed by atoms with Gasteiger partial charge in [0.05, 0.1) is 0 Å². The third-order valence-corrected chi connectivity index (χ3v) is 0. The Morgan fingerprint density at radius 3 is 0.214 bits per heavy atom. The van der Waals surface area contributed by atoms with E-state index in [0.717, 1.165) is 0 Å². The van der Waals surface area contributed by atoms with Gasteiger partial charge in [-0.1, -0.05) is 0 Å². The molecular weight excluding hydrogens is 266 g/mol. The maximum Gasteiger partial charge on any atom is 5.00 e. The molecule has 0 aliphatic carbocycles. The van der Waals surface area contributed by atoms with E-state index in [0.29, 0.717) is 0 Å². The van der Waals surface area contributed by atoms with Crippen LogP contribution in [0.5, 0.6) is 0 Å². The van der Waals surface area contributed by atoms with Crippen molar-refractivity contribution in [3.8, 4) is 0 Å². The molecule has 14 heteroatoms. The fraction of sp³-hybridized carbons (Fsp3) is 0. The van der Waals surface area contributed by atoms with Crippen molar-refractivity contribution < 1.29 is 165 Å². The molecule has 0 spiro atoms. The predicted molar refractivity (Wildman–Crippen MR) is 9.87 cm³/mol. The molecule has 0 amide bonds. The quantitative estimate of drug-likeness (QED) is 0.379. The fourth-order valence-corrected chi connectivity index (χ4v) is 0. The van der Waals surface area contributed by atoms with Crippen molar-refractivity contribution in [1.29, 1.82) is 0 Å². The summed E-state index contributed by atoms with van der Waals surface area (Å²) in [6.45, 7) is 0. The van der Waals surface area contributed by atoms with Gasteiger partial charge in [0, 0.05) is 0 Å². The second-order valence-corrected chi connectivity index (χ2v) is 0. The van der Waals surface area contributed by atoms with Gasteiger partial charge in [-0.25, -0.2) is 0 Å². The van der Waals surface area contributed by atoms with Crippen molar-refractivity contribution in [1.82, 2.24) is 0 Å². The van der Waals surface area contributed by atoms with Gasteiger partial charge in [-0.3, -0.25) is 0 Å². The van der Waals surface area contributed by atoms with Gasteiger partial charge in [0.2, 0.25) is 0 Å². The smallest absolute Gasteiger partial charge is 2.00 e. The summed E-state index contributed by atoms with van der Waals surface area (Å²) in [6, 6.07) is 0. The molecule has 0 aliphatic rings. The second kappa shape index (κ2) is 220. The zero-order valence-electron chi connectivity index (χ0n) is 9.90. The maximum absolute atomic E-state index is 0. The topological polar surface area (TPSA) is 171 Å². The molecule has 0 atom stereocenters. The maximum atomic E-state index is 0. The molecule has 0 bridgehead atoms. The van der Waals surface area contributed by atoms with Crippen LogP contribution in [0.4, 0.5) is 0 Å². The van der Waals surface area contributed by atoms with E-state index in [1.54, 1.807) is 0 Å². The Bertz CT molecular complexity index is 18.1. The minimum absolute atomic E-state index is 0. The SMILES string of the molecule is [Li+].[Li+].[Li+].[Li+].[Li+].[Li+].[Li+].[O-2].[O-2].[O-2].[O-2].[O-2].[O-2].[Sb+5]. The summed E-state index contributed by atoms with van der Waals surface area (Å²) in [6.07, 6.45) is 0. The molecule has 0 unspecified atom stereocenters. The summed E-state index contributed by atoms with van der Waals surface area (Å²) < 4.78 is 0. The van der Waals surface area contributed by atoms with Gasteiger partial charge in [-0.15, -0.1) is 0 Å². The molecule has 0 radical (unpaired) electrons. The first-order valence-corrected chi connectivity index (χ1v) is 0. The Labute approximate surface area is 186 Å². The van der Waals surface area contributed by atoms with Crippen molar-refractivity contribution in [3.05, 3.63) is 0 Å². The van der Waals surface area contributed by atoms with Crippen LogP contribution in [0.3, 0.4) is 0 Å². The van der Waals surface area contributed by atoms with Crippen molar-refractivity contribution in [3.63, 3.8) is 0 Å². The van der Waals surface area contributed by atoms with E-state index in [4.69, 9.17) is 0 Å². The molecule has 0 aromatic rings. The van der Waals surface area contributed by atoms with Crippen LogP contribution in [0.15, 0.2) is 0 Å².